The van der Waals surface area contributed by atoms with Crippen molar-refractivity contribution in [3.8, 4) is 57.5 Å². The third-order valence-corrected chi connectivity index (χ3v) is 22.3. The molecular formula is C72H76BrClO15S9. The molecule has 0 amide bonds. The van der Waals surface area contributed by atoms with Gasteiger partial charge >= 0.3 is 11.9 Å². The normalized spacial score (nSPS) is 10.3. The highest BCUT2D eigenvalue weighted by molar-refractivity contribution is 9.08. The first-order valence-electron chi connectivity index (χ1n) is 28.9. The maximum atomic E-state index is 11.5. The monoisotopic (exact) mass is 1580 g/mol. The minimum absolute atomic E-state index is 0.0256. The van der Waals surface area contributed by atoms with Gasteiger partial charge < -0.3 is 62.7 Å². The first kappa shape index (κ1) is 82.5. The summed E-state index contributed by atoms with van der Waals surface area (Å²) >= 11 is 22.8. The van der Waals surface area contributed by atoms with Crippen LogP contribution < -0.4 is 47.4 Å². The van der Waals surface area contributed by atoms with E-state index >= 15 is 0 Å². The molecule has 0 saturated heterocycles. The third kappa shape index (κ3) is 26.7. The summed E-state index contributed by atoms with van der Waals surface area (Å²) in [5.74, 6) is 6.09. The minimum atomic E-state index is -1.01. The van der Waals surface area contributed by atoms with E-state index in [1.807, 2.05) is 122 Å². The lowest BCUT2D eigenvalue weighted by Gasteiger charge is -2.11. The summed E-state index contributed by atoms with van der Waals surface area (Å²) in [6.45, 7) is 0.0256. The predicted molar refractivity (Wildman–Crippen MR) is 413 cm³/mol. The Balaban J connectivity index is 0.000000224. The van der Waals surface area contributed by atoms with Gasteiger partial charge in [0.15, 0.2) is 0 Å². The minimum Gasteiger partial charge on any atom is -0.497 e. The maximum absolute atomic E-state index is 11.5. The summed E-state index contributed by atoms with van der Waals surface area (Å²) in [6, 6.07) is 51.6. The van der Waals surface area contributed by atoms with E-state index in [0.29, 0.717) is 27.7 Å². The number of rotatable bonds is 27. The average Bonchev–Trinajstić information content (AvgIpc) is 0.867. The Bertz CT molecular complexity index is 3760. The molecule has 0 bridgehead atoms. The fourth-order valence-electron chi connectivity index (χ4n) is 8.18. The number of aliphatic hydroxyl groups is 1. The van der Waals surface area contributed by atoms with Gasteiger partial charge in [-0.25, -0.2) is 9.59 Å². The van der Waals surface area contributed by atoms with E-state index in [4.69, 9.17) is 64.1 Å². The quantitative estimate of drug-likeness (QED) is 0.0165. The van der Waals surface area contributed by atoms with E-state index in [-0.39, 0.29) is 17.2 Å². The van der Waals surface area contributed by atoms with Crippen molar-refractivity contribution in [1.82, 2.24) is 0 Å². The predicted octanol–water partition coefficient (Wildman–Crippen LogP) is 20.8. The molecule has 0 fully saturated rings. The summed E-state index contributed by atoms with van der Waals surface area (Å²) in [7, 11) is 19.6. The molecule has 0 spiro atoms. The molecule has 26 heteroatoms. The lowest BCUT2D eigenvalue weighted by molar-refractivity contribution is 0.0684. The van der Waals surface area contributed by atoms with E-state index < -0.39 is 11.9 Å². The summed E-state index contributed by atoms with van der Waals surface area (Å²) in [6.07, 6.45) is 6.03. The summed E-state index contributed by atoms with van der Waals surface area (Å²) in [4.78, 5) is 33.4. The van der Waals surface area contributed by atoms with Crippen LogP contribution in [-0.4, -0.2) is 117 Å². The largest absolute Gasteiger partial charge is 0.497 e. The number of carbonyl (C=O) groups is 2. The Labute approximate surface area is 626 Å². The Hall–Kier alpha value is -6.20. The van der Waals surface area contributed by atoms with Gasteiger partial charge in [0.1, 0.15) is 57.5 Å². The fourth-order valence-corrected chi connectivity index (χ4v) is 15.6. The lowest BCUT2D eigenvalue weighted by atomic mass is 10.1. The number of hydrogen-bond donors (Lipinski definition) is 4. The second kappa shape index (κ2) is 44.1. The number of ether oxygens (including phenoxy) is 10. The van der Waals surface area contributed by atoms with Gasteiger partial charge in [-0.1, -0.05) is 90.5 Å². The standard InChI is InChI=1S/C16H17BrO2S2.C16H18O4S2.C16H16O4S2.C16H18O3S2.C8H7ClO2S/c1-18-12-7-13(19-2)9-15(8-12)21-16-5-4-14(20-3)6-11(16)10-17;1-17-11-5-12(18-2)8-15(7-11)21-22-16-9-13(19-3)6-14(10-16)20-4;1-19-10-6-11(20-2)8-13(7-10)22-15-5-4-12(21-3)9-14(15)16(17)18;1-18-12-7-13(19-2)9-15(8-12)21-16-5-4-14(20-3)6-11(16)10-17;9-7-2-1-5(4-12)3-6(7)8(10)11/h4-9H,10H2,1-3H3;5-10H,1-4H3;4-9H,1-3H3,(H,17,18);4-9,17H,10H2,1-3H3;1-3,12H,4H2,(H,10,11). The molecule has 522 valence electrons. The molecule has 3 N–H and O–H groups in total. The van der Waals surface area contributed by atoms with Crippen LogP contribution in [-0.2, 0) is 17.7 Å². The molecule has 0 aliphatic carbocycles. The Morgan fingerprint density at radius 1 is 0.378 bits per heavy atom. The zero-order valence-corrected chi connectivity index (χ0v) is 65.7. The molecule has 0 aliphatic rings. The molecule has 9 rings (SSSR count). The maximum Gasteiger partial charge on any atom is 0.337 e. The molecule has 0 aliphatic heterocycles. The molecule has 0 heterocycles. The Kier molecular flexibility index (Phi) is 37.1. The van der Waals surface area contributed by atoms with Crippen molar-refractivity contribution in [2.24, 2.45) is 0 Å². The first-order chi connectivity index (χ1) is 47.3. The number of alkyl halides is 1. The van der Waals surface area contributed by atoms with Crippen LogP contribution in [0.3, 0.4) is 0 Å². The van der Waals surface area contributed by atoms with Crippen LogP contribution in [0.1, 0.15) is 37.4 Å². The number of methoxy groups -OCH3 is 10. The lowest BCUT2D eigenvalue weighted by Crippen LogP contribution is -1.99. The van der Waals surface area contributed by atoms with E-state index in [0.717, 1.165) is 102 Å². The van der Waals surface area contributed by atoms with E-state index in [9.17, 15) is 19.8 Å². The SMILES string of the molecule is COc1cc(OC)cc(SSc2cc(OC)cc(OC)c2)c1.COc1cc(OC)cc(Sc2ccc(SC)cc2C(=O)O)c1.COc1cc(OC)cc(Sc2ccc(SC)cc2CBr)c1.COc1cc(OC)cc(Sc2ccc(SC)cc2CO)c1.O=C(O)c1cc(CS)ccc1Cl. The van der Waals surface area contributed by atoms with E-state index in [1.165, 1.54) is 44.9 Å². The van der Waals surface area contributed by atoms with Gasteiger partial charge in [0, 0.05) is 95.3 Å². The number of carboxylic acids is 2. The second-order valence-electron chi connectivity index (χ2n) is 19.4. The Morgan fingerprint density at radius 3 is 0.969 bits per heavy atom. The summed E-state index contributed by atoms with van der Waals surface area (Å²) < 4.78 is 52.8. The van der Waals surface area contributed by atoms with Gasteiger partial charge in [-0.3, -0.25) is 0 Å². The van der Waals surface area contributed by atoms with Crippen LogP contribution in [0.4, 0.5) is 0 Å². The molecular weight excluding hydrogens is 1510 g/mol. The van der Waals surface area contributed by atoms with Gasteiger partial charge in [0.05, 0.1) is 93.9 Å². The van der Waals surface area contributed by atoms with Gasteiger partial charge in [-0.2, -0.15) is 12.6 Å². The zero-order chi connectivity index (χ0) is 71.7. The first-order valence-corrected chi connectivity index (χ1v) is 39.3. The molecule has 0 radical (unpaired) electrons. The number of carboxylic acid groups (broad SMARTS) is 2. The Morgan fingerprint density at radius 2 is 0.673 bits per heavy atom. The van der Waals surface area contributed by atoms with Crippen molar-refractivity contribution in [3.63, 3.8) is 0 Å². The number of benzene rings is 9. The highest BCUT2D eigenvalue weighted by Gasteiger charge is 2.16. The molecule has 0 saturated carbocycles. The fraction of sp³-hybridized carbons (Fsp3) is 0.222. The number of thioether (sulfide) groups is 3. The van der Waals surface area contributed by atoms with Crippen molar-refractivity contribution in [2.45, 2.75) is 71.5 Å². The summed E-state index contributed by atoms with van der Waals surface area (Å²) in [5.41, 5.74) is 3.48. The van der Waals surface area contributed by atoms with Crippen LogP contribution in [0, 0.1) is 0 Å². The molecule has 9 aromatic rings. The van der Waals surface area contributed by atoms with Crippen LogP contribution in [0.15, 0.2) is 218 Å². The number of aromatic carboxylic acids is 2. The van der Waals surface area contributed by atoms with E-state index in [2.05, 4.69) is 59.1 Å². The van der Waals surface area contributed by atoms with Gasteiger partial charge in [-0.05, 0) is 163 Å². The van der Waals surface area contributed by atoms with Crippen molar-refractivity contribution in [1.29, 1.82) is 0 Å². The van der Waals surface area contributed by atoms with Crippen LogP contribution in [0.5, 0.6) is 57.5 Å². The molecule has 0 aromatic heterocycles. The third-order valence-electron chi connectivity index (χ3n) is 13.3. The van der Waals surface area contributed by atoms with Crippen molar-refractivity contribution >= 4 is 144 Å². The molecule has 15 nitrogen and oxygen atoms in total. The highest BCUT2D eigenvalue weighted by Crippen LogP contribution is 2.44. The highest BCUT2D eigenvalue weighted by atomic mass is 79.9. The average molecular weight is 1590 g/mol. The van der Waals surface area contributed by atoms with Crippen molar-refractivity contribution in [3.05, 3.63) is 197 Å². The number of hydrogen-bond acceptors (Lipinski definition) is 22. The van der Waals surface area contributed by atoms with Crippen molar-refractivity contribution < 1.29 is 72.3 Å². The molecule has 9 aromatic carbocycles. The topological polar surface area (TPSA) is 187 Å². The van der Waals surface area contributed by atoms with Crippen LogP contribution in [0.2, 0.25) is 5.02 Å². The van der Waals surface area contributed by atoms with E-state index in [1.54, 1.807) is 164 Å². The van der Waals surface area contributed by atoms with Crippen molar-refractivity contribution in [2.75, 3.05) is 89.9 Å². The smallest absolute Gasteiger partial charge is 0.337 e. The number of aliphatic hydroxyl groups excluding tert-OH is 1. The second-order valence-corrected chi connectivity index (χ2v) is 28.9. The molecule has 0 atom stereocenters. The van der Waals surface area contributed by atoms with Gasteiger partial charge in [0.2, 0.25) is 0 Å². The summed E-state index contributed by atoms with van der Waals surface area (Å²) in [5, 5.41) is 28.7. The molecule has 98 heavy (non-hydrogen) atoms. The number of thiol groups is 1. The number of halogens is 2. The van der Waals surface area contributed by atoms with Gasteiger partial charge in [0.25, 0.3) is 0 Å². The van der Waals surface area contributed by atoms with Gasteiger partial charge in [-0.15, -0.1) is 35.3 Å². The zero-order valence-electron chi connectivity index (χ0n) is 55.9. The van der Waals surface area contributed by atoms with Crippen LogP contribution in [0.25, 0.3) is 0 Å². The molecule has 0 unspecified atom stereocenters. The van der Waals surface area contributed by atoms with Crippen LogP contribution >= 0.6 is 132 Å².